The van der Waals surface area contributed by atoms with Crippen LogP contribution in [0.1, 0.15) is 30.0 Å². The van der Waals surface area contributed by atoms with Crippen LogP contribution in [0.15, 0.2) is 17.5 Å². The Balaban J connectivity index is 1.31. The van der Waals surface area contributed by atoms with Gasteiger partial charge in [0.1, 0.15) is 0 Å². The molecule has 2 aromatic rings. The highest BCUT2D eigenvalue weighted by atomic mass is 32.1. The molecular weight excluding hydrogens is 332 g/mol. The number of rotatable bonds is 4. The topological polar surface area (TPSA) is 48.4 Å². The number of piperazine rings is 1. The second kappa shape index (κ2) is 7.66. The molecular formula is C18H26N6S. The standard InChI is InChI=1S/C18H26N6S/c1-15-19-16(14-25-15)13-22-9-11-24(12-10-22)18-6-5-17(20-21-18)23-7-3-2-4-8-23/h5-6,14H,2-4,7-13H2,1H3. The maximum atomic E-state index is 4.57. The smallest absolute Gasteiger partial charge is 0.151 e. The molecule has 0 amide bonds. The van der Waals surface area contributed by atoms with Gasteiger partial charge in [-0.1, -0.05) is 0 Å². The summed E-state index contributed by atoms with van der Waals surface area (Å²) >= 11 is 1.73. The molecule has 134 valence electrons. The van der Waals surface area contributed by atoms with Crippen LogP contribution in [0.4, 0.5) is 11.6 Å². The Kier molecular flexibility index (Phi) is 5.12. The highest BCUT2D eigenvalue weighted by Gasteiger charge is 2.20. The Morgan fingerprint density at radius 1 is 0.880 bits per heavy atom. The first-order valence-electron chi connectivity index (χ1n) is 9.25. The first-order valence-corrected chi connectivity index (χ1v) is 10.1. The molecule has 2 saturated heterocycles. The lowest BCUT2D eigenvalue weighted by Gasteiger charge is -2.35. The molecule has 0 bridgehead atoms. The van der Waals surface area contributed by atoms with Crippen LogP contribution in [0.25, 0.3) is 0 Å². The van der Waals surface area contributed by atoms with Gasteiger partial charge < -0.3 is 9.80 Å². The van der Waals surface area contributed by atoms with Gasteiger partial charge in [0, 0.05) is 51.2 Å². The van der Waals surface area contributed by atoms with Gasteiger partial charge in [-0.25, -0.2) is 4.98 Å². The van der Waals surface area contributed by atoms with Crippen molar-refractivity contribution < 1.29 is 0 Å². The summed E-state index contributed by atoms with van der Waals surface area (Å²) in [5, 5.41) is 12.3. The van der Waals surface area contributed by atoms with E-state index in [4.69, 9.17) is 0 Å². The summed E-state index contributed by atoms with van der Waals surface area (Å²) in [5.74, 6) is 2.03. The Morgan fingerprint density at radius 2 is 1.52 bits per heavy atom. The Bertz CT molecular complexity index is 671. The predicted molar refractivity (Wildman–Crippen MR) is 102 cm³/mol. The molecule has 0 unspecified atom stereocenters. The Morgan fingerprint density at radius 3 is 2.08 bits per heavy atom. The molecule has 25 heavy (non-hydrogen) atoms. The number of aromatic nitrogens is 3. The van der Waals surface area contributed by atoms with E-state index in [2.05, 4.69) is 54.3 Å². The van der Waals surface area contributed by atoms with Crippen LogP contribution in [-0.4, -0.2) is 59.3 Å². The molecule has 6 nitrogen and oxygen atoms in total. The zero-order valence-electron chi connectivity index (χ0n) is 14.9. The third-order valence-corrected chi connectivity index (χ3v) is 5.89. The number of hydrogen-bond donors (Lipinski definition) is 0. The van der Waals surface area contributed by atoms with Gasteiger partial charge in [0.2, 0.25) is 0 Å². The lowest BCUT2D eigenvalue weighted by atomic mass is 10.1. The first-order chi connectivity index (χ1) is 12.3. The van der Waals surface area contributed by atoms with Crippen molar-refractivity contribution in [2.24, 2.45) is 0 Å². The Hall–Kier alpha value is -1.73. The van der Waals surface area contributed by atoms with Crippen LogP contribution in [0.3, 0.4) is 0 Å². The molecule has 2 aliphatic rings. The fraction of sp³-hybridized carbons (Fsp3) is 0.611. The van der Waals surface area contributed by atoms with Crippen molar-refractivity contribution in [2.75, 3.05) is 49.1 Å². The molecule has 4 heterocycles. The lowest BCUT2D eigenvalue weighted by molar-refractivity contribution is 0.247. The number of nitrogens with zero attached hydrogens (tertiary/aromatic N) is 6. The monoisotopic (exact) mass is 358 g/mol. The van der Waals surface area contributed by atoms with Gasteiger partial charge in [-0.2, -0.15) is 0 Å². The minimum absolute atomic E-state index is 0.956. The molecule has 0 aliphatic carbocycles. The van der Waals surface area contributed by atoms with Crippen molar-refractivity contribution in [2.45, 2.75) is 32.7 Å². The van der Waals surface area contributed by atoms with E-state index in [0.717, 1.165) is 62.5 Å². The Labute approximate surface area is 153 Å². The number of anilines is 2. The van der Waals surface area contributed by atoms with Crippen LogP contribution < -0.4 is 9.80 Å². The summed E-state index contributed by atoms with van der Waals surface area (Å²) in [6, 6.07) is 4.27. The fourth-order valence-electron chi connectivity index (χ4n) is 3.62. The molecule has 0 radical (unpaired) electrons. The van der Waals surface area contributed by atoms with Crippen LogP contribution in [0.2, 0.25) is 0 Å². The zero-order chi connectivity index (χ0) is 17.1. The van der Waals surface area contributed by atoms with Crippen molar-refractivity contribution in [1.82, 2.24) is 20.1 Å². The first kappa shape index (κ1) is 16.7. The van der Waals surface area contributed by atoms with Crippen molar-refractivity contribution >= 4 is 23.0 Å². The van der Waals surface area contributed by atoms with Gasteiger partial charge in [-0.3, -0.25) is 4.90 Å². The minimum atomic E-state index is 0.956. The van der Waals surface area contributed by atoms with Crippen molar-refractivity contribution in [3.05, 3.63) is 28.2 Å². The van der Waals surface area contributed by atoms with E-state index in [9.17, 15) is 0 Å². The molecule has 0 atom stereocenters. The summed E-state index contributed by atoms with van der Waals surface area (Å²) < 4.78 is 0. The second-order valence-electron chi connectivity index (χ2n) is 6.92. The highest BCUT2D eigenvalue weighted by molar-refractivity contribution is 7.09. The number of piperidine rings is 1. The highest BCUT2D eigenvalue weighted by Crippen LogP contribution is 2.20. The maximum Gasteiger partial charge on any atom is 0.151 e. The molecule has 2 aliphatic heterocycles. The molecule has 0 aromatic carbocycles. The average molecular weight is 359 g/mol. The second-order valence-corrected chi connectivity index (χ2v) is 7.98. The fourth-order valence-corrected chi connectivity index (χ4v) is 4.23. The van der Waals surface area contributed by atoms with Crippen molar-refractivity contribution in [1.29, 1.82) is 0 Å². The molecule has 0 N–H and O–H groups in total. The summed E-state index contributed by atoms with van der Waals surface area (Å²) in [5.41, 5.74) is 1.20. The average Bonchev–Trinajstić information content (AvgIpc) is 3.08. The van der Waals surface area contributed by atoms with E-state index in [1.54, 1.807) is 11.3 Å². The molecule has 0 saturated carbocycles. The summed E-state index contributed by atoms with van der Waals surface area (Å²) in [6.45, 7) is 9.35. The zero-order valence-corrected chi connectivity index (χ0v) is 15.7. The summed E-state index contributed by atoms with van der Waals surface area (Å²) in [4.78, 5) is 11.7. The van der Waals surface area contributed by atoms with Crippen LogP contribution in [0, 0.1) is 6.92 Å². The van der Waals surface area contributed by atoms with Gasteiger partial charge in [-0.15, -0.1) is 21.5 Å². The molecule has 2 aromatic heterocycles. The summed E-state index contributed by atoms with van der Waals surface area (Å²) in [7, 11) is 0. The van der Waals surface area contributed by atoms with Gasteiger partial charge in [0.15, 0.2) is 11.6 Å². The third-order valence-electron chi connectivity index (χ3n) is 5.06. The van der Waals surface area contributed by atoms with Gasteiger partial charge in [0.25, 0.3) is 0 Å². The van der Waals surface area contributed by atoms with Gasteiger partial charge in [-0.05, 0) is 38.3 Å². The summed E-state index contributed by atoms with van der Waals surface area (Å²) in [6.07, 6.45) is 3.88. The van der Waals surface area contributed by atoms with E-state index >= 15 is 0 Å². The molecule has 2 fully saturated rings. The van der Waals surface area contributed by atoms with Crippen LogP contribution in [-0.2, 0) is 6.54 Å². The molecule has 4 rings (SSSR count). The van der Waals surface area contributed by atoms with E-state index in [1.165, 1.54) is 25.0 Å². The SMILES string of the molecule is Cc1nc(CN2CCN(c3ccc(N4CCCCC4)nn3)CC2)cs1. The largest absolute Gasteiger partial charge is 0.355 e. The number of thiazole rings is 1. The maximum absolute atomic E-state index is 4.57. The molecule has 0 spiro atoms. The number of aryl methyl sites for hydroxylation is 1. The predicted octanol–water partition coefficient (Wildman–Crippen LogP) is 2.55. The van der Waals surface area contributed by atoms with Crippen LogP contribution >= 0.6 is 11.3 Å². The molecule has 7 heteroatoms. The van der Waals surface area contributed by atoms with Crippen molar-refractivity contribution in [3.63, 3.8) is 0 Å². The normalized spacial score (nSPS) is 19.4. The number of hydrogen-bond acceptors (Lipinski definition) is 7. The van der Waals surface area contributed by atoms with Gasteiger partial charge >= 0.3 is 0 Å². The van der Waals surface area contributed by atoms with Crippen molar-refractivity contribution in [3.8, 4) is 0 Å². The van der Waals surface area contributed by atoms with E-state index in [0.29, 0.717) is 0 Å². The van der Waals surface area contributed by atoms with E-state index in [-0.39, 0.29) is 0 Å². The minimum Gasteiger partial charge on any atom is -0.355 e. The van der Waals surface area contributed by atoms with E-state index in [1.807, 2.05) is 0 Å². The third kappa shape index (κ3) is 4.10. The van der Waals surface area contributed by atoms with Gasteiger partial charge in [0.05, 0.1) is 10.7 Å². The van der Waals surface area contributed by atoms with Crippen LogP contribution in [0.5, 0.6) is 0 Å². The lowest BCUT2D eigenvalue weighted by Crippen LogP contribution is -2.46. The quantitative estimate of drug-likeness (QED) is 0.837. The van der Waals surface area contributed by atoms with E-state index < -0.39 is 0 Å².